The van der Waals surface area contributed by atoms with Gasteiger partial charge in [0.2, 0.25) is 0 Å². The molecule has 0 saturated heterocycles. The van der Waals surface area contributed by atoms with E-state index < -0.39 is 0 Å². The molecule has 1 unspecified atom stereocenters. The van der Waals surface area contributed by atoms with Crippen LogP contribution in [0.15, 0.2) is 30.8 Å². The first-order valence-electron chi connectivity index (χ1n) is 4.12. The number of benzene rings is 1. The molecular weight excluding hydrogens is 148 g/mol. The summed E-state index contributed by atoms with van der Waals surface area (Å²) < 4.78 is 0. The lowest BCUT2D eigenvalue weighted by molar-refractivity contribution is 0.195. The van der Waals surface area contributed by atoms with Crippen LogP contribution in [0.2, 0.25) is 0 Å². The van der Waals surface area contributed by atoms with Crippen molar-refractivity contribution in [1.29, 1.82) is 0 Å². The SMILES string of the molecule is C=Cc1cccc(CC(C)O)c1. The van der Waals surface area contributed by atoms with Crippen molar-refractivity contribution in [3.8, 4) is 0 Å². The van der Waals surface area contributed by atoms with E-state index in [1.807, 2.05) is 30.3 Å². The molecule has 0 aliphatic carbocycles. The van der Waals surface area contributed by atoms with E-state index in [9.17, 15) is 0 Å². The lowest BCUT2D eigenvalue weighted by Crippen LogP contribution is -2.03. The average Bonchev–Trinajstić information content (AvgIpc) is 2.03. The van der Waals surface area contributed by atoms with Gasteiger partial charge in [-0.15, -0.1) is 0 Å². The summed E-state index contributed by atoms with van der Waals surface area (Å²) in [5, 5.41) is 9.14. The van der Waals surface area contributed by atoms with Crippen LogP contribution in [0, 0.1) is 0 Å². The molecule has 1 N–H and O–H groups in total. The first-order valence-corrected chi connectivity index (χ1v) is 4.12. The summed E-state index contributed by atoms with van der Waals surface area (Å²) in [7, 11) is 0. The average molecular weight is 162 g/mol. The van der Waals surface area contributed by atoms with Crippen molar-refractivity contribution in [2.75, 3.05) is 0 Å². The number of aliphatic hydroxyl groups excluding tert-OH is 1. The highest BCUT2D eigenvalue weighted by molar-refractivity contribution is 5.47. The third-order valence-corrected chi connectivity index (χ3v) is 1.72. The molecule has 12 heavy (non-hydrogen) atoms. The molecule has 0 aromatic heterocycles. The number of hydrogen-bond donors (Lipinski definition) is 1. The zero-order chi connectivity index (χ0) is 8.97. The molecular formula is C11H14O. The van der Waals surface area contributed by atoms with Crippen LogP contribution in [0.1, 0.15) is 18.1 Å². The van der Waals surface area contributed by atoms with Crippen LogP contribution in [-0.2, 0) is 6.42 Å². The van der Waals surface area contributed by atoms with Gasteiger partial charge in [-0.05, 0) is 24.5 Å². The van der Waals surface area contributed by atoms with Crippen molar-refractivity contribution in [1.82, 2.24) is 0 Å². The third-order valence-electron chi connectivity index (χ3n) is 1.72. The first kappa shape index (κ1) is 9.01. The van der Waals surface area contributed by atoms with Gasteiger partial charge < -0.3 is 5.11 Å². The quantitative estimate of drug-likeness (QED) is 0.722. The van der Waals surface area contributed by atoms with Crippen LogP contribution in [0.4, 0.5) is 0 Å². The topological polar surface area (TPSA) is 20.2 Å². The lowest BCUT2D eigenvalue weighted by Gasteiger charge is -2.04. The van der Waals surface area contributed by atoms with E-state index in [1.54, 1.807) is 6.92 Å². The summed E-state index contributed by atoms with van der Waals surface area (Å²) in [6.45, 7) is 5.48. The Morgan fingerprint density at radius 1 is 1.58 bits per heavy atom. The van der Waals surface area contributed by atoms with Crippen LogP contribution in [0.25, 0.3) is 6.08 Å². The van der Waals surface area contributed by atoms with E-state index in [-0.39, 0.29) is 6.10 Å². The minimum atomic E-state index is -0.273. The second-order valence-electron chi connectivity index (χ2n) is 3.00. The van der Waals surface area contributed by atoms with E-state index in [0.29, 0.717) is 6.42 Å². The van der Waals surface area contributed by atoms with Crippen molar-refractivity contribution in [2.45, 2.75) is 19.4 Å². The van der Waals surface area contributed by atoms with Crippen LogP contribution in [0.3, 0.4) is 0 Å². The van der Waals surface area contributed by atoms with Crippen molar-refractivity contribution < 1.29 is 5.11 Å². The molecule has 1 nitrogen and oxygen atoms in total. The Bertz CT molecular complexity index is 263. The van der Waals surface area contributed by atoms with E-state index in [1.165, 1.54) is 0 Å². The van der Waals surface area contributed by atoms with Gasteiger partial charge in [-0.1, -0.05) is 36.9 Å². The largest absolute Gasteiger partial charge is 0.393 e. The highest BCUT2D eigenvalue weighted by Crippen LogP contribution is 2.08. The molecule has 0 bridgehead atoms. The Hall–Kier alpha value is -1.08. The van der Waals surface area contributed by atoms with Gasteiger partial charge in [-0.25, -0.2) is 0 Å². The number of hydrogen-bond acceptors (Lipinski definition) is 1. The minimum Gasteiger partial charge on any atom is -0.393 e. The predicted octanol–water partition coefficient (Wildman–Crippen LogP) is 2.25. The van der Waals surface area contributed by atoms with Crippen LogP contribution >= 0.6 is 0 Å². The summed E-state index contributed by atoms with van der Waals surface area (Å²) in [6.07, 6.45) is 2.25. The molecule has 0 aliphatic rings. The third kappa shape index (κ3) is 2.51. The molecule has 0 amide bonds. The molecule has 1 aromatic rings. The Labute approximate surface area is 73.4 Å². The molecule has 1 atom stereocenters. The second kappa shape index (κ2) is 4.07. The van der Waals surface area contributed by atoms with E-state index >= 15 is 0 Å². The summed E-state index contributed by atoms with van der Waals surface area (Å²) in [6, 6.07) is 8.03. The fourth-order valence-electron chi connectivity index (χ4n) is 1.19. The van der Waals surface area contributed by atoms with Crippen molar-refractivity contribution >= 4 is 6.08 Å². The Balaban J connectivity index is 2.79. The fraction of sp³-hybridized carbons (Fsp3) is 0.273. The van der Waals surface area contributed by atoms with E-state index in [4.69, 9.17) is 5.11 Å². The standard InChI is InChI=1S/C11H14O/c1-3-10-5-4-6-11(8-10)7-9(2)12/h3-6,8-9,12H,1,7H2,2H3. The summed E-state index contributed by atoms with van der Waals surface area (Å²) in [5.74, 6) is 0. The zero-order valence-electron chi connectivity index (χ0n) is 7.33. The van der Waals surface area contributed by atoms with Gasteiger partial charge in [0.1, 0.15) is 0 Å². The monoisotopic (exact) mass is 162 g/mol. The summed E-state index contributed by atoms with van der Waals surface area (Å²) in [4.78, 5) is 0. The zero-order valence-corrected chi connectivity index (χ0v) is 7.33. The van der Waals surface area contributed by atoms with Crippen LogP contribution < -0.4 is 0 Å². The van der Waals surface area contributed by atoms with Crippen LogP contribution in [-0.4, -0.2) is 11.2 Å². The van der Waals surface area contributed by atoms with Gasteiger partial charge in [0, 0.05) is 0 Å². The van der Waals surface area contributed by atoms with E-state index in [2.05, 4.69) is 6.58 Å². The van der Waals surface area contributed by atoms with Gasteiger partial charge in [0.15, 0.2) is 0 Å². The molecule has 0 heterocycles. The predicted molar refractivity (Wildman–Crippen MR) is 51.9 cm³/mol. The number of aliphatic hydroxyl groups is 1. The Kier molecular flexibility index (Phi) is 3.06. The molecule has 1 aromatic carbocycles. The maximum absolute atomic E-state index is 9.14. The first-order chi connectivity index (χ1) is 5.72. The molecule has 64 valence electrons. The second-order valence-corrected chi connectivity index (χ2v) is 3.00. The van der Waals surface area contributed by atoms with Gasteiger partial charge in [-0.3, -0.25) is 0 Å². The van der Waals surface area contributed by atoms with Crippen LogP contribution in [0.5, 0.6) is 0 Å². The minimum absolute atomic E-state index is 0.273. The van der Waals surface area contributed by atoms with Gasteiger partial charge >= 0.3 is 0 Å². The van der Waals surface area contributed by atoms with E-state index in [0.717, 1.165) is 11.1 Å². The Morgan fingerprint density at radius 2 is 2.33 bits per heavy atom. The maximum Gasteiger partial charge on any atom is 0.0552 e. The highest BCUT2D eigenvalue weighted by Gasteiger charge is 1.98. The molecule has 0 spiro atoms. The number of rotatable bonds is 3. The normalized spacial score (nSPS) is 12.5. The molecule has 1 rings (SSSR count). The molecule has 1 heteroatoms. The fourth-order valence-corrected chi connectivity index (χ4v) is 1.19. The van der Waals surface area contributed by atoms with Gasteiger partial charge in [-0.2, -0.15) is 0 Å². The molecule has 0 radical (unpaired) electrons. The van der Waals surface area contributed by atoms with Crippen molar-refractivity contribution in [3.63, 3.8) is 0 Å². The maximum atomic E-state index is 9.14. The van der Waals surface area contributed by atoms with Crippen molar-refractivity contribution in [2.24, 2.45) is 0 Å². The highest BCUT2D eigenvalue weighted by atomic mass is 16.3. The molecule has 0 saturated carbocycles. The van der Waals surface area contributed by atoms with Crippen molar-refractivity contribution in [3.05, 3.63) is 42.0 Å². The summed E-state index contributed by atoms with van der Waals surface area (Å²) >= 11 is 0. The molecule has 0 fully saturated rings. The van der Waals surface area contributed by atoms with Gasteiger partial charge in [0.25, 0.3) is 0 Å². The lowest BCUT2D eigenvalue weighted by atomic mass is 10.1. The Morgan fingerprint density at radius 3 is 2.92 bits per heavy atom. The molecule has 0 aliphatic heterocycles. The summed E-state index contributed by atoms with van der Waals surface area (Å²) in [5.41, 5.74) is 2.26. The van der Waals surface area contributed by atoms with Gasteiger partial charge in [0.05, 0.1) is 6.10 Å². The smallest absolute Gasteiger partial charge is 0.0552 e.